The van der Waals surface area contributed by atoms with Crippen molar-refractivity contribution < 1.29 is 14.7 Å². The molecule has 1 fully saturated rings. The Kier molecular flexibility index (Phi) is 7.85. The maximum absolute atomic E-state index is 13.1. The van der Waals surface area contributed by atoms with Crippen molar-refractivity contribution >= 4 is 22.8 Å². The second-order valence-electron chi connectivity index (χ2n) is 9.22. The highest BCUT2D eigenvalue weighted by Crippen LogP contribution is 2.33. The van der Waals surface area contributed by atoms with Crippen LogP contribution in [-0.2, 0) is 11.2 Å². The molecule has 3 aromatic rings. The van der Waals surface area contributed by atoms with Gasteiger partial charge in [-0.15, -0.1) is 0 Å². The fourth-order valence-electron chi connectivity index (χ4n) is 4.96. The number of nitrogens with one attached hydrogen (secondary N) is 1. The molecule has 4 N–H and O–H groups in total. The number of nitrogens with two attached hydrogens (primary N) is 1. The maximum Gasteiger partial charge on any atom is 0.271 e. The summed E-state index contributed by atoms with van der Waals surface area (Å²) in [4.78, 5) is 34.1. The number of aliphatic hydroxyl groups is 1. The summed E-state index contributed by atoms with van der Waals surface area (Å²) in [6.45, 7) is 0. The molecule has 1 saturated carbocycles. The molecule has 1 aliphatic rings. The fourth-order valence-corrected chi connectivity index (χ4v) is 4.96. The van der Waals surface area contributed by atoms with E-state index in [4.69, 9.17) is 5.73 Å². The summed E-state index contributed by atoms with van der Waals surface area (Å²) >= 11 is 0. The van der Waals surface area contributed by atoms with Gasteiger partial charge < -0.3 is 16.2 Å². The van der Waals surface area contributed by atoms with Crippen molar-refractivity contribution in [2.75, 3.05) is 0 Å². The predicted molar refractivity (Wildman–Crippen MR) is 131 cm³/mol. The first kappa shape index (κ1) is 23.8. The summed E-state index contributed by atoms with van der Waals surface area (Å²) in [5, 5.41) is 14.2. The zero-order valence-electron chi connectivity index (χ0n) is 19.3. The molecule has 4 rings (SSSR count). The molecule has 0 bridgehead atoms. The summed E-state index contributed by atoms with van der Waals surface area (Å²) in [6, 6.07) is 16.4. The maximum atomic E-state index is 13.1. The Bertz CT molecular complexity index is 1120. The Morgan fingerprint density at radius 3 is 2.38 bits per heavy atom. The number of rotatable bonds is 9. The highest BCUT2D eigenvalue weighted by Gasteiger charge is 2.33. The first-order chi connectivity index (χ1) is 16.5. The number of nitrogens with zero attached hydrogens (tertiary/aromatic N) is 2. The molecule has 3 atom stereocenters. The van der Waals surface area contributed by atoms with Crippen molar-refractivity contribution in [1.82, 2.24) is 15.3 Å². The van der Waals surface area contributed by atoms with Crippen LogP contribution < -0.4 is 11.1 Å². The average Bonchev–Trinajstić information content (AvgIpc) is 2.87. The highest BCUT2D eigenvalue weighted by molar-refractivity contribution is 5.94. The van der Waals surface area contributed by atoms with E-state index in [1.807, 2.05) is 48.5 Å². The Morgan fingerprint density at radius 2 is 1.68 bits per heavy atom. The quantitative estimate of drug-likeness (QED) is 0.452. The lowest BCUT2D eigenvalue weighted by Crippen LogP contribution is -2.47. The van der Waals surface area contributed by atoms with Crippen LogP contribution in [0, 0.1) is 11.8 Å². The number of carbonyl (C=O) groups excluding carboxylic acids is 2. The third kappa shape index (κ3) is 5.97. The van der Waals surface area contributed by atoms with E-state index in [0.717, 1.165) is 31.2 Å². The lowest BCUT2D eigenvalue weighted by molar-refractivity contribution is -0.125. The van der Waals surface area contributed by atoms with E-state index < -0.39 is 24.0 Å². The van der Waals surface area contributed by atoms with Crippen LogP contribution in [0.2, 0.25) is 0 Å². The van der Waals surface area contributed by atoms with Crippen molar-refractivity contribution in [2.24, 2.45) is 17.6 Å². The molecule has 0 saturated heterocycles. The molecule has 1 aliphatic carbocycles. The number of para-hydroxylation sites is 2. The summed E-state index contributed by atoms with van der Waals surface area (Å²) in [6.07, 6.45) is 6.38. The van der Waals surface area contributed by atoms with Gasteiger partial charge in [-0.25, -0.2) is 4.98 Å². The second kappa shape index (κ2) is 11.2. The van der Waals surface area contributed by atoms with E-state index in [1.165, 1.54) is 12.6 Å². The molecule has 2 aromatic carbocycles. The number of fused-ring (bicyclic) bond motifs is 1. The first-order valence-electron chi connectivity index (χ1n) is 12.0. The van der Waals surface area contributed by atoms with Gasteiger partial charge in [0, 0.05) is 5.92 Å². The molecule has 1 heterocycles. The third-order valence-corrected chi connectivity index (χ3v) is 6.84. The number of hydrogen-bond acceptors (Lipinski definition) is 5. The normalized spacial score (nSPS) is 17.1. The molecular formula is C27H32N4O3. The van der Waals surface area contributed by atoms with Gasteiger partial charge in [-0.2, -0.15) is 0 Å². The SMILES string of the molecule is NC(=O)C(C[C@H](O)[C@H](Cc1ccccc1)NC(=O)c1cnc2ccccc2n1)C1CCCCC1. The van der Waals surface area contributed by atoms with E-state index in [2.05, 4.69) is 15.3 Å². The van der Waals surface area contributed by atoms with E-state index in [0.29, 0.717) is 17.5 Å². The minimum atomic E-state index is -0.933. The van der Waals surface area contributed by atoms with Crippen LogP contribution in [-0.4, -0.2) is 39.0 Å². The zero-order chi connectivity index (χ0) is 23.9. The number of aromatic nitrogens is 2. The number of carbonyl (C=O) groups is 2. The summed E-state index contributed by atoms with van der Waals surface area (Å²) in [5.74, 6) is -1.02. The van der Waals surface area contributed by atoms with Crippen molar-refractivity contribution in [3.63, 3.8) is 0 Å². The van der Waals surface area contributed by atoms with Crippen molar-refractivity contribution in [3.8, 4) is 0 Å². The molecule has 7 heteroatoms. The number of primary amides is 1. The third-order valence-electron chi connectivity index (χ3n) is 6.84. The van der Waals surface area contributed by atoms with Crippen molar-refractivity contribution in [2.45, 2.75) is 57.1 Å². The molecular weight excluding hydrogens is 428 g/mol. The molecule has 34 heavy (non-hydrogen) atoms. The van der Waals surface area contributed by atoms with E-state index in [-0.39, 0.29) is 23.9 Å². The number of benzene rings is 2. The van der Waals surface area contributed by atoms with Crippen molar-refractivity contribution in [1.29, 1.82) is 0 Å². The van der Waals surface area contributed by atoms with Gasteiger partial charge >= 0.3 is 0 Å². The molecule has 0 aliphatic heterocycles. The second-order valence-corrected chi connectivity index (χ2v) is 9.22. The topological polar surface area (TPSA) is 118 Å². The molecule has 0 spiro atoms. The van der Waals surface area contributed by atoms with Gasteiger partial charge in [0.25, 0.3) is 5.91 Å². The minimum Gasteiger partial charge on any atom is -0.391 e. The lowest BCUT2D eigenvalue weighted by Gasteiger charge is -2.32. The number of amides is 2. The van der Waals surface area contributed by atoms with Gasteiger partial charge in [0.2, 0.25) is 5.91 Å². The Morgan fingerprint density at radius 1 is 1.00 bits per heavy atom. The standard InChI is InChI=1S/C27H32N4O3/c28-26(33)20(19-11-5-2-6-12-19)16-25(32)23(15-18-9-3-1-4-10-18)31-27(34)24-17-29-21-13-7-8-14-22(21)30-24/h1,3-4,7-10,13-14,17,19-20,23,25,32H,2,5-6,11-12,15-16H2,(H2,28,33)(H,31,34)/t20?,23-,25-/m0/s1. The fraction of sp³-hybridized carbons (Fsp3) is 0.407. The van der Waals surface area contributed by atoms with Gasteiger partial charge in [-0.1, -0.05) is 61.7 Å². The smallest absolute Gasteiger partial charge is 0.271 e. The van der Waals surface area contributed by atoms with Crippen molar-refractivity contribution in [3.05, 3.63) is 72.1 Å². The van der Waals surface area contributed by atoms with Gasteiger partial charge in [0.1, 0.15) is 5.69 Å². The molecule has 1 aromatic heterocycles. The molecule has 178 valence electrons. The van der Waals surface area contributed by atoms with Gasteiger partial charge in [-0.3, -0.25) is 14.6 Å². The lowest BCUT2D eigenvalue weighted by atomic mass is 9.76. The summed E-state index contributed by atoms with van der Waals surface area (Å²) < 4.78 is 0. The largest absolute Gasteiger partial charge is 0.391 e. The number of hydrogen-bond donors (Lipinski definition) is 3. The monoisotopic (exact) mass is 460 g/mol. The Labute approximate surface area is 199 Å². The van der Waals surface area contributed by atoms with E-state index in [1.54, 1.807) is 6.07 Å². The van der Waals surface area contributed by atoms with E-state index >= 15 is 0 Å². The Balaban J connectivity index is 1.53. The van der Waals surface area contributed by atoms with Crippen LogP contribution in [0.25, 0.3) is 11.0 Å². The number of aliphatic hydroxyl groups excluding tert-OH is 1. The van der Waals surface area contributed by atoms with Crippen LogP contribution >= 0.6 is 0 Å². The average molecular weight is 461 g/mol. The minimum absolute atomic E-state index is 0.181. The van der Waals surface area contributed by atoms with Gasteiger partial charge in [0.15, 0.2) is 0 Å². The van der Waals surface area contributed by atoms with Crippen LogP contribution in [0.1, 0.15) is 54.6 Å². The zero-order valence-corrected chi connectivity index (χ0v) is 19.3. The van der Waals surface area contributed by atoms with E-state index in [9.17, 15) is 14.7 Å². The van der Waals surface area contributed by atoms with Crippen LogP contribution in [0.4, 0.5) is 0 Å². The molecule has 0 radical (unpaired) electrons. The van der Waals surface area contributed by atoms with Crippen LogP contribution in [0.15, 0.2) is 60.8 Å². The van der Waals surface area contributed by atoms with Crippen LogP contribution in [0.5, 0.6) is 0 Å². The summed E-state index contributed by atoms with van der Waals surface area (Å²) in [7, 11) is 0. The summed E-state index contributed by atoms with van der Waals surface area (Å²) in [5.41, 5.74) is 8.25. The highest BCUT2D eigenvalue weighted by atomic mass is 16.3. The molecule has 2 amide bonds. The van der Waals surface area contributed by atoms with Gasteiger partial charge in [-0.05, 0) is 49.3 Å². The first-order valence-corrected chi connectivity index (χ1v) is 12.0. The predicted octanol–water partition coefficient (Wildman–Crippen LogP) is 3.40. The van der Waals surface area contributed by atoms with Crippen LogP contribution in [0.3, 0.4) is 0 Å². The molecule has 7 nitrogen and oxygen atoms in total. The van der Waals surface area contributed by atoms with Gasteiger partial charge in [0.05, 0.1) is 29.4 Å². The molecule has 1 unspecified atom stereocenters. The Hall–Kier alpha value is -3.32.